The number of carbonyl (C=O) groups is 4. The molecule has 9 nitrogen and oxygen atoms in total. The van der Waals surface area contributed by atoms with Crippen molar-refractivity contribution in [2.75, 3.05) is 13.2 Å². The van der Waals surface area contributed by atoms with E-state index in [1.54, 1.807) is 42.5 Å². The number of carbonyl (C=O) groups excluding carboxylic acids is 4. The van der Waals surface area contributed by atoms with Crippen LogP contribution in [0.25, 0.3) is 0 Å². The molecule has 0 saturated carbocycles. The first-order chi connectivity index (χ1) is 20.8. The molecule has 0 bridgehead atoms. The number of esters is 4. The Morgan fingerprint density at radius 2 is 1.19 bits per heavy atom. The van der Waals surface area contributed by atoms with E-state index < -0.39 is 23.9 Å². The summed E-state index contributed by atoms with van der Waals surface area (Å²) in [7, 11) is 0. The van der Waals surface area contributed by atoms with Crippen LogP contribution in [0.5, 0.6) is 23.0 Å². The van der Waals surface area contributed by atoms with Gasteiger partial charge in [0.1, 0.15) is 23.0 Å². The molecule has 3 aromatic rings. The fourth-order valence-electron chi connectivity index (χ4n) is 3.80. The summed E-state index contributed by atoms with van der Waals surface area (Å²) in [4.78, 5) is 47.7. The molecule has 0 unspecified atom stereocenters. The van der Waals surface area contributed by atoms with Crippen LogP contribution in [-0.4, -0.2) is 37.1 Å². The van der Waals surface area contributed by atoms with Gasteiger partial charge in [-0.2, -0.15) is 0 Å². The molecule has 43 heavy (non-hydrogen) atoms. The van der Waals surface area contributed by atoms with Gasteiger partial charge in [0.05, 0.1) is 24.3 Å². The second kappa shape index (κ2) is 16.9. The zero-order valence-electron chi connectivity index (χ0n) is 24.0. The van der Waals surface area contributed by atoms with Crippen molar-refractivity contribution in [1.29, 1.82) is 0 Å². The number of hydrogen-bond acceptors (Lipinski definition) is 9. The Hall–Kier alpha value is -5.18. The molecule has 0 saturated heterocycles. The lowest BCUT2D eigenvalue weighted by atomic mass is 10.1. The lowest BCUT2D eigenvalue weighted by molar-refractivity contribution is -0.137. The molecule has 0 heterocycles. The van der Waals surface area contributed by atoms with E-state index in [-0.39, 0.29) is 11.3 Å². The summed E-state index contributed by atoms with van der Waals surface area (Å²) in [5.74, 6) is -0.559. The number of aryl methyl sites for hydroxylation is 1. The Labute approximate surface area is 250 Å². The highest BCUT2D eigenvalue weighted by atomic mass is 16.5. The number of unbranched alkanes of at least 4 members (excludes halogenated alkanes) is 3. The van der Waals surface area contributed by atoms with Gasteiger partial charge < -0.3 is 23.7 Å². The van der Waals surface area contributed by atoms with Crippen molar-refractivity contribution in [2.45, 2.75) is 39.0 Å². The molecule has 0 fully saturated rings. The topological polar surface area (TPSA) is 114 Å². The minimum Gasteiger partial charge on any atom is -0.494 e. The first-order valence-corrected chi connectivity index (χ1v) is 13.9. The van der Waals surface area contributed by atoms with Gasteiger partial charge in [-0.3, -0.25) is 0 Å². The van der Waals surface area contributed by atoms with Gasteiger partial charge in [-0.05, 0) is 104 Å². The van der Waals surface area contributed by atoms with Crippen LogP contribution in [0.2, 0.25) is 0 Å². The lowest BCUT2D eigenvalue weighted by Crippen LogP contribution is -2.11. The van der Waals surface area contributed by atoms with Crippen molar-refractivity contribution in [3.63, 3.8) is 0 Å². The summed E-state index contributed by atoms with van der Waals surface area (Å²) in [6, 6.07) is 17.4. The second-order valence-corrected chi connectivity index (χ2v) is 9.21. The normalized spacial score (nSPS) is 10.3. The van der Waals surface area contributed by atoms with E-state index in [1.165, 1.54) is 24.3 Å². The van der Waals surface area contributed by atoms with E-state index in [9.17, 15) is 19.2 Å². The van der Waals surface area contributed by atoms with Crippen LogP contribution in [0.1, 0.15) is 58.9 Å². The highest BCUT2D eigenvalue weighted by Crippen LogP contribution is 2.27. The molecule has 0 spiro atoms. The number of ether oxygens (including phenoxy) is 5. The minimum absolute atomic E-state index is 0.270. The van der Waals surface area contributed by atoms with Crippen molar-refractivity contribution >= 4 is 23.9 Å². The summed E-state index contributed by atoms with van der Waals surface area (Å²) in [5, 5.41) is 0. The van der Waals surface area contributed by atoms with Crippen LogP contribution in [0, 0.1) is 0 Å². The maximum atomic E-state index is 12.7. The van der Waals surface area contributed by atoms with Crippen LogP contribution in [-0.2, 0) is 20.7 Å². The lowest BCUT2D eigenvalue weighted by Gasteiger charge is -2.12. The Kier molecular flexibility index (Phi) is 12.7. The molecule has 0 radical (unpaired) electrons. The SMILES string of the molecule is C=CC(=O)OCCCCCCOc1ccc(C(=O)Oc2ccc(OC(=O)c3ccc(OC(=O)C=C)cc3)c(CC)c2)cc1. The fourth-order valence-corrected chi connectivity index (χ4v) is 3.80. The third-order valence-electron chi connectivity index (χ3n) is 6.11. The zero-order valence-corrected chi connectivity index (χ0v) is 24.0. The van der Waals surface area contributed by atoms with E-state index in [0.29, 0.717) is 48.0 Å². The van der Waals surface area contributed by atoms with Crippen LogP contribution < -0.4 is 18.9 Å². The van der Waals surface area contributed by atoms with Gasteiger partial charge in [-0.1, -0.05) is 20.1 Å². The highest BCUT2D eigenvalue weighted by Gasteiger charge is 2.15. The molecule has 0 aliphatic heterocycles. The Morgan fingerprint density at radius 1 is 0.628 bits per heavy atom. The van der Waals surface area contributed by atoms with Crippen LogP contribution in [0.15, 0.2) is 92.0 Å². The van der Waals surface area contributed by atoms with Gasteiger partial charge in [0.25, 0.3) is 0 Å². The Morgan fingerprint density at radius 3 is 1.79 bits per heavy atom. The summed E-state index contributed by atoms with van der Waals surface area (Å²) in [6.45, 7) is 9.50. The van der Waals surface area contributed by atoms with E-state index in [1.807, 2.05) is 6.92 Å². The molecule has 224 valence electrons. The van der Waals surface area contributed by atoms with Crippen molar-refractivity contribution in [3.8, 4) is 23.0 Å². The maximum absolute atomic E-state index is 12.7. The first-order valence-electron chi connectivity index (χ1n) is 13.9. The van der Waals surface area contributed by atoms with Crippen molar-refractivity contribution in [1.82, 2.24) is 0 Å². The average Bonchev–Trinajstić information content (AvgIpc) is 3.03. The second-order valence-electron chi connectivity index (χ2n) is 9.21. The predicted molar refractivity (Wildman–Crippen MR) is 160 cm³/mol. The van der Waals surface area contributed by atoms with Crippen molar-refractivity contribution < 1.29 is 42.9 Å². The van der Waals surface area contributed by atoms with Gasteiger partial charge in [0, 0.05) is 12.2 Å². The predicted octanol–water partition coefficient (Wildman–Crippen LogP) is 6.45. The standard InChI is InChI=1S/C34H34O9/c1-4-24-23-29(19-20-30(24)43-34(38)26-13-17-28(18-14-26)41-32(36)6-3)42-33(37)25-11-15-27(16-12-25)39-21-9-7-8-10-22-40-31(35)5-2/h5-6,11-20,23H,2-4,7-10,21-22H2,1H3. The minimum atomic E-state index is -0.601. The molecule has 3 rings (SSSR count). The van der Waals surface area contributed by atoms with Gasteiger partial charge in [-0.15, -0.1) is 0 Å². The van der Waals surface area contributed by atoms with Gasteiger partial charge >= 0.3 is 23.9 Å². The van der Waals surface area contributed by atoms with E-state index in [2.05, 4.69) is 13.2 Å². The summed E-state index contributed by atoms with van der Waals surface area (Å²) < 4.78 is 26.8. The maximum Gasteiger partial charge on any atom is 0.343 e. The van der Waals surface area contributed by atoms with E-state index in [0.717, 1.165) is 37.8 Å². The van der Waals surface area contributed by atoms with E-state index in [4.69, 9.17) is 23.7 Å². The van der Waals surface area contributed by atoms with Gasteiger partial charge in [0.15, 0.2) is 0 Å². The number of benzene rings is 3. The van der Waals surface area contributed by atoms with Gasteiger partial charge in [-0.25, -0.2) is 19.2 Å². The monoisotopic (exact) mass is 586 g/mol. The molecule has 3 aromatic carbocycles. The summed E-state index contributed by atoms with van der Waals surface area (Å²) in [5.41, 5.74) is 1.31. The van der Waals surface area contributed by atoms with Gasteiger partial charge in [0.2, 0.25) is 0 Å². The highest BCUT2D eigenvalue weighted by molar-refractivity contribution is 5.92. The average molecular weight is 587 g/mol. The fraction of sp³-hybridized carbons (Fsp3) is 0.235. The molecular formula is C34H34O9. The van der Waals surface area contributed by atoms with Crippen molar-refractivity contribution in [3.05, 3.63) is 109 Å². The number of hydrogen-bond donors (Lipinski definition) is 0. The van der Waals surface area contributed by atoms with Crippen molar-refractivity contribution in [2.24, 2.45) is 0 Å². The molecule has 9 heteroatoms. The Bertz CT molecular complexity index is 1420. The third-order valence-corrected chi connectivity index (χ3v) is 6.11. The zero-order chi connectivity index (χ0) is 31.0. The molecule has 0 atom stereocenters. The summed E-state index contributed by atoms with van der Waals surface area (Å²) >= 11 is 0. The molecule has 0 aromatic heterocycles. The Balaban J connectivity index is 1.47. The quantitative estimate of drug-likeness (QED) is 0.0809. The molecule has 0 aliphatic rings. The third kappa shape index (κ3) is 10.6. The number of rotatable bonds is 16. The molecular weight excluding hydrogens is 552 g/mol. The smallest absolute Gasteiger partial charge is 0.343 e. The largest absolute Gasteiger partial charge is 0.494 e. The van der Waals surface area contributed by atoms with Crippen LogP contribution in [0.4, 0.5) is 0 Å². The molecule has 0 amide bonds. The first kappa shape index (κ1) is 32.3. The molecule has 0 aliphatic carbocycles. The van der Waals surface area contributed by atoms with Crippen LogP contribution in [0.3, 0.4) is 0 Å². The van der Waals surface area contributed by atoms with Crippen LogP contribution >= 0.6 is 0 Å². The summed E-state index contributed by atoms with van der Waals surface area (Å²) in [6.07, 6.45) is 6.22. The van der Waals surface area contributed by atoms with E-state index >= 15 is 0 Å². The molecule has 0 N–H and O–H groups in total.